The highest BCUT2D eigenvalue weighted by Crippen LogP contribution is 2.14. The van der Waals surface area contributed by atoms with Crippen molar-refractivity contribution in [3.05, 3.63) is 29.6 Å². The van der Waals surface area contributed by atoms with E-state index in [0.717, 1.165) is 19.4 Å². The van der Waals surface area contributed by atoms with E-state index in [4.69, 9.17) is 9.84 Å². The molecule has 19 heavy (non-hydrogen) atoms. The summed E-state index contributed by atoms with van der Waals surface area (Å²) in [4.78, 5) is 26.5. The highest BCUT2D eigenvalue weighted by molar-refractivity contribution is 5.87. The van der Waals surface area contributed by atoms with Gasteiger partial charge in [-0.25, -0.2) is 4.79 Å². The van der Waals surface area contributed by atoms with Crippen LogP contribution in [0.15, 0.2) is 18.3 Å². The minimum absolute atomic E-state index is 0.0123. The first-order chi connectivity index (χ1) is 9.15. The first-order valence-electron chi connectivity index (χ1n) is 6.21. The molecule has 0 aliphatic carbocycles. The maximum absolute atomic E-state index is 11.7. The van der Waals surface area contributed by atoms with Gasteiger partial charge in [0, 0.05) is 12.8 Å². The van der Waals surface area contributed by atoms with Crippen LogP contribution in [0, 0.1) is 0 Å². The molecule has 0 radical (unpaired) electrons. The molecule has 1 aliphatic heterocycles. The quantitative estimate of drug-likeness (QED) is 0.827. The predicted molar refractivity (Wildman–Crippen MR) is 66.6 cm³/mol. The van der Waals surface area contributed by atoms with Gasteiger partial charge >= 0.3 is 5.97 Å². The third-order valence-electron chi connectivity index (χ3n) is 2.97. The number of aromatic carboxylic acids is 1. The number of carboxylic acid groups (broad SMARTS) is 1. The van der Waals surface area contributed by atoms with E-state index in [2.05, 4.69) is 10.3 Å². The third-order valence-corrected chi connectivity index (χ3v) is 2.97. The molecule has 0 bridgehead atoms. The van der Waals surface area contributed by atoms with Crippen molar-refractivity contribution < 1.29 is 19.4 Å². The second kappa shape index (κ2) is 6.29. The lowest BCUT2D eigenvalue weighted by Crippen LogP contribution is -2.27. The molecule has 0 saturated carbocycles. The number of carbonyl (C=O) groups is 2. The van der Waals surface area contributed by atoms with Crippen molar-refractivity contribution in [3.8, 4) is 0 Å². The lowest BCUT2D eigenvalue weighted by atomic mass is 10.2. The summed E-state index contributed by atoms with van der Waals surface area (Å²) in [5, 5.41) is 11.6. The number of nitrogens with one attached hydrogen (secondary N) is 1. The van der Waals surface area contributed by atoms with E-state index < -0.39 is 5.97 Å². The molecule has 1 aromatic rings. The number of pyridine rings is 1. The van der Waals surface area contributed by atoms with E-state index in [0.29, 0.717) is 12.1 Å². The first kappa shape index (κ1) is 13.5. The summed E-state index contributed by atoms with van der Waals surface area (Å²) in [6, 6.07) is 2.87. The third kappa shape index (κ3) is 4.03. The van der Waals surface area contributed by atoms with Gasteiger partial charge in [-0.2, -0.15) is 0 Å². The second-order valence-electron chi connectivity index (χ2n) is 4.46. The van der Waals surface area contributed by atoms with Crippen LogP contribution in [0.4, 0.5) is 0 Å². The van der Waals surface area contributed by atoms with Crippen molar-refractivity contribution >= 4 is 11.9 Å². The second-order valence-corrected chi connectivity index (χ2v) is 4.46. The van der Waals surface area contributed by atoms with E-state index >= 15 is 0 Å². The minimum atomic E-state index is -1.01. The number of aromatic nitrogens is 1. The van der Waals surface area contributed by atoms with Gasteiger partial charge in [0.2, 0.25) is 5.91 Å². The SMILES string of the molecule is O=C(CC1CCCO1)NCc1cc(C(=O)O)ccn1. The number of amides is 1. The van der Waals surface area contributed by atoms with Gasteiger partial charge in [0.1, 0.15) is 0 Å². The molecular weight excluding hydrogens is 248 g/mol. The Morgan fingerprint density at radius 2 is 2.37 bits per heavy atom. The van der Waals surface area contributed by atoms with Gasteiger partial charge in [-0.3, -0.25) is 9.78 Å². The maximum Gasteiger partial charge on any atom is 0.335 e. The van der Waals surface area contributed by atoms with Crippen LogP contribution in [-0.4, -0.2) is 34.7 Å². The summed E-state index contributed by atoms with van der Waals surface area (Å²) in [6.07, 6.45) is 3.70. The number of hydrogen-bond acceptors (Lipinski definition) is 4. The van der Waals surface area contributed by atoms with Crippen LogP contribution in [0.2, 0.25) is 0 Å². The van der Waals surface area contributed by atoms with Crippen molar-refractivity contribution in [1.29, 1.82) is 0 Å². The molecule has 2 heterocycles. The van der Waals surface area contributed by atoms with E-state index in [-0.39, 0.29) is 24.1 Å². The van der Waals surface area contributed by atoms with Crippen molar-refractivity contribution in [2.75, 3.05) is 6.61 Å². The zero-order chi connectivity index (χ0) is 13.7. The maximum atomic E-state index is 11.7. The molecule has 6 nitrogen and oxygen atoms in total. The Labute approximate surface area is 110 Å². The summed E-state index contributed by atoms with van der Waals surface area (Å²) in [6.45, 7) is 0.951. The van der Waals surface area contributed by atoms with Crippen LogP contribution in [-0.2, 0) is 16.1 Å². The Balaban J connectivity index is 1.82. The Hall–Kier alpha value is -1.95. The van der Waals surface area contributed by atoms with E-state index in [1.807, 2.05) is 0 Å². The Bertz CT molecular complexity index is 469. The van der Waals surface area contributed by atoms with Gasteiger partial charge < -0.3 is 15.2 Å². The molecule has 0 aromatic carbocycles. The number of nitrogens with zero attached hydrogens (tertiary/aromatic N) is 1. The van der Waals surface area contributed by atoms with Crippen molar-refractivity contribution in [2.45, 2.75) is 31.9 Å². The largest absolute Gasteiger partial charge is 0.478 e. The molecular formula is C13H16N2O4. The van der Waals surface area contributed by atoms with Gasteiger partial charge in [0.15, 0.2) is 0 Å². The zero-order valence-corrected chi connectivity index (χ0v) is 10.5. The average molecular weight is 264 g/mol. The van der Waals surface area contributed by atoms with Crippen LogP contribution < -0.4 is 5.32 Å². The van der Waals surface area contributed by atoms with E-state index in [1.165, 1.54) is 18.3 Å². The lowest BCUT2D eigenvalue weighted by Gasteiger charge is -2.09. The van der Waals surface area contributed by atoms with Crippen LogP contribution in [0.3, 0.4) is 0 Å². The Morgan fingerprint density at radius 1 is 1.53 bits per heavy atom. The summed E-state index contributed by atoms with van der Waals surface area (Å²) in [5.41, 5.74) is 0.693. The topological polar surface area (TPSA) is 88.5 Å². The van der Waals surface area contributed by atoms with Gasteiger partial charge in [-0.15, -0.1) is 0 Å². The Morgan fingerprint density at radius 3 is 3.05 bits per heavy atom. The summed E-state index contributed by atoms with van der Waals surface area (Å²) in [7, 11) is 0. The fraction of sp³-hybridized carbons (Fsp3) is 0.462. The first-order valence-corrected chi connectivity index (χ1v) is 6.21. The average Bonchev–Trinajstić information content (AvgIpc) is 2.89. The highest BCUT2D eigenvalue weighted by atomic mass is 16.5. The molecule has 1 fully saturated rings. The number of carbonyl (C=O) groups excluding carboxylic acids is 1. The molecule has 1 saturated heterocycles. The number of rotatable bonds is 5. The van der Waals surface area contributed by atoms with Crippen molar-refractivity contribution in [2.24, 2.45) is 0 Å². The molecule has 1 atom stereocenters. The molecule has 1 aromatic heterocycles. The number of hydrogen-bond donors (Lipinski definition) is 2. The molecule has 2 rings (SSSR count). The van der Waals surface area contributed by atoms with E-state index in [9.17, 15) is 9.59 Å². The fourth-order valence-corrected chi connectivity index (χ4v) is 1.98. The van der Waals surface area contributed by atoms with Crippen LogP contribution in [0.25, 0.3) is 0 Å². The van der Waals surface area contributed by atoms with Crippen LogP contribution >= 0.6 is 0 Å². The van der Waals surface area contributed by atoms with Crippen molar-refractivity contribution in [3.63, 3.8) is 0 Å². The summed E-state index contributed by atoms with van der Waals surface area (Å²) in [5.74, 6) is -1.11. The molecule has 102 valence electrons. The summed E-state index contributed by atoms with van der Waals surface area (Å²) >= 11 is 0. The normalized spacial score (nSPS) is 18.2. The Kier molecular flexibility index (Phi) is 4.46. The molecule has 1 aliphatic rings. The van der Waals surface area contributed by atoms with Gasteiger partial charge in [-0.1, -0.05) is 0 Å². The molecule has 1 unspecified atom stereocenters. The van der Waals surface area contributed by atoms with Crippen molar-refractivity contribution in [1.82, 2.24) is 10.3 Å². The zero-order valence-electron chi connectivity index (χ0n) is 10.5. The number of carboxylic acids is 1. The highest BCUT2D eigenvalue weighted by Gasteiger charge is 2.18. The van der Waals surface area contributed by atoms with Crippen LogP contribution in [0.1, 0.15) is 35.3 Å². The summed E-state index contributed by atoms with van der Waals surface area (Å²) < 4.78 is 5.37. The predicted octanol–water partition coefficient (Wildman–Crippen LogP) is 0.965. The smallest absolute Gasteiger partial charge is 0.335 e. The molecule has 2 N–H and O–H groups in total. The van der Waals surface area contributed by atoms with Gasteiger partial charge in [0.05, 0.1) is 30.3 Å². The van der Waals surface area contributed by atoms with E-state index in [1.54, 1.807) is 0 Å². The van der Waals surface area contributed by atoms with Gasteiger partial charge in [0.25, 0.3) is 0 Å². The monoisotopic (exact) mass is 264 g/mol. The lowest BCUT2D eigenvalue weighted by molar-refractivity contribution is -0.123. The fourth-order valence-electron chi connectivity index (χ4n) is 1.98. The standard InChI is InChI=1S/C13H16N2O4/c16-12(7-11-2-1-5-19-11)15-8-10-6-9(13(17)18)3-4-14-10/h3-4,6,11H,1-2,5,7-8H2,(H,15,16)(H,17,18). The van der Waals surface area contributed by atoms with Gasteiger partial charge in [-0.05, 0) is 25.0 Å². The van der Waals surface area contributed by atoms with Crippen LogP contribution in [0.5, 0.6) is 0 Å². The number of ether oxygens (including phenoxy) is 1. The molecule has 1 amide bonds. The molecule has 6 heteroatoms. The molecule has 0 spiro atoms. The minimum Gasteiger partial charge on any atom is -0.478 e.